The van der Waals surface area contributed by atoms with Crippen LogP contribution in [0.15, 0.2) is 18.6 Å². The number of unbranched alkanes of at least 4 members (excludes halogenated alkanes) is 1. The van der Waals surface area contributed by atoms with Crippen molar-refractivity contribution in [3.63, 3.8) is 0 Å². The molecule has 8 heteroatoms. The summed E-state index contributed by atoms with van der Waals surface area (Å²) in [5.41, 5.74) is -0.935. The van der Waals surface area contributed by atoms with E-state index in [1.165, 1.54) is 4.57 Å². The minimum absolute atomic E-state index is 0.0302. The van der Waals surface area contributed by atoms with E-state index < -0.39 is 17.7 Å². The van der Waals surface area contributed by atoms with Gasteiger partial charge in [-0.05, 0) is 6.42 Å². The van der Waals surface area contributed by atoms with Crippen LogP contribution in [0.25, 0.3) is 0 Å². The lowest BCUT2D eigenvalue weighted by atomic mass is 10.2. The molecule has 0 aromatic carbocycles. The van der Waals surface area contributed by atoms with E-state index in [0.717, 1.165) is 31.4 Å². The van der Waals surface area contributed by atoms with Crippen LogP contribution in [-0.4, -0.2) is 19.5 Å². The molecule has 2 aromatic rings. The Morgan fingerprint density at radius 1 is 1.19 bits per heavy atom. The van der Waals surface area contributed by atoms with Crippen molar-refractivity contribution in [2.75, 3.05) is 0 Å². The smallest absolute Gasteiger partial charge is 0.327 e. The van der Waals surface area contributed by atoms with E-state index in [-0.39, 0.29) is 12.4 Å². The lowest BCUT2D eigenvalue weighted by Crippen LogP contribution is -2.07. The molecule has 0 radical (unpaired) electrons. The Hall–Kier alpha value is -1.99. The molecule has 2 heterocycles. The number of aromatic nitrogens is 4. The van der Waals surface area contributed by atoms with Crippen molar-refractivity contribution in [3.05, 3.63) is 41.8 Å². The van der Waals surface area contributed by atoms with Crippen LogP contribution in [0.3, 0.4) is 0 Å². The van der Waals surface area contributed by atoms with Crippen LogP contribution in [0.5, 0.6) is 0 Å². The molecule has 0 fully saturated rings. The van der Waals surface area contributed by atoms with Crippen LogP contribution in [0.2, 0.25) is 0 Å². The summed E-state index contributed by atoms with van der Waals surface area (Å²) < 4.78 is 52.3. The summed E-state index contributed by atoms with van der Waals surface area (Å²) >= 11 is 0. The van der Waals surface area contributed by atoms with Crippen molar-refractivity contribution >= 4 is 0 Å². The van der Waals surface area contributed by atoms with Crippen molar-refractivity contribution in [1.29, 1.82) is 0 Å². The minimum Gasteiger partial charge on any atom is -0.327 e. The Morgan fingerprint density at radius 3 is 2.43 bits per heavy atom. The van der Waals surface area contributed by atoms with Crippen LogP contribution >= 0.6 is 0 Å². The first kappa shape index (κ1) is 15.4. The second-order valence-corrected chi connectivity index (χ2v) is 4.59. The first-order chi connectivity index (χ1) is 9.90. The average molecular weight is 302 g/mol. The van der Waals surface area contributed by atoms with Gasteiger partial charge in [0.2, 0.25) is 0 Å². The fraction of sp³-hybridized carbons (Fsp3) is 0.462. The maximum Gasteiger partial charge on any atom is 0.434 e. The molecule has 0 spiro atoms. The largest absolute Gasteiger partial charge is 0.434 e. The second kappa shape index (κ2) is 6.19. The van der Waals surface area contributed by atoms with E-state index in [4.69, 9.17) is 0 Å². The normalized spacial score (nSPS) is 11.9. The van der Waals surface area contributed by atoms with Crippen molar-refractivity contribution < 1.29 is 17.6 Å². The van der Waals surface area contributed by atoms with Gasteiger partial charge >= 0.3 is 6.18 Å². The van der Waals surface area contributed by atoms with Crippen LogP contribution in [0.1, 0.15) is 37.1 Å². The zero-order valence-corrected chi connectivity index (χ0v) is 11.4. The molecule has 0 saturated heterocycles. The highest BCUT2D eigenvalue weighted by atomic mass is 19.4. The molecule has 21 heavy (non-hydrogen) atoms. The molecule has 0 unspecified atom stereocenters. The molecule has 2 rings (SSSR count). The van der Waals surface area contributed by atoms with E-state index in [1.54, 1.807) is 0 Å². The predicted molar refractivity (Wildman–Crippen MR) is 66.9 cm³/mol. The third-order valence-corrected chi connectivity index (χ3v) is 2.89. The lowest BCUT2D eigenvalue weighted by molar-refractivity contribution is -0.141. The molecule has 0 bridgehead atoms. The molecule has 0 N–H and O–H groups in total. The highest BCUT2D eigenvalue weighted by Gasteiger charge is 2.34. The van der Waals surface area contributed by atoms with Gasteiger partial charge in [-0.15, -0.1) is 0 Å². The highest BCUT2D eigenvalue weighted by Crippen LogP contribution is 2.28. The zero-order valence-electron chi connectivity index (χ0n) is 11.4. The van der Waals surface area contributed by atoms with Gasteiger partial charge in [-0.1, -0.05) is 13.3 Å². The number of hydrogen-bond acceptors (Lipinski definition) is 3. The fourth-order valence-electron chi connectivity index (χ4n) is 1.84. The maximum atomic E-state index is 12.7. The molecule has 0 aliphatic carbocycles. The maximum absolute atomic E-state index is 12.7. The number of imidazole rings is 1. The van der Waals surface area contributed by atoms with Gasteiger partial charge in [-0.25, -0.2) is 19.3 Å². The van der Waals surface area contributed by atoms with Crippen molar-refractivity contribution in [2.45, 2.75) is 38.9 Å². The first-order valence-electron chi connectivity index (χ1n) is 6.50. The third-order valence-electron chi connectivity index (χ3n) is 2.89. The van der Waals surface area contributed by atoms with Crippen LogP contribution in [-0.2, 0) is 19.1 Å². The molecular formula is C13H14F4N4. The Balaban J connectivity index is 2.27. The van der Waals surface area contributed by atoms with Gasteiger partial charge in [-0.3, -0.25) is 0 Å². The van der Waals surface area contributed by atoms with Gasteiger partial charge < -0.3 is 4.57 Å². The van der Waals surface area contributed by atoms with E-state index in [0.29, 0.717) is 12.2 Å². The molecule has 0 aliphatic heterocycles. The molecular weight excluding hydrogens is 288 g/mol. The molecule has 114 valence electrons. The number of nitrogens with zero attached hydrogens (tertiary/aromatic N) is 4. The summed E-state index contributed by atoms with van der Waals surface area (Å²) in [5, 5.41) is 0. The average Bonchev–Trinajstić information content (AvgIpc) is 2.82. The Kier molecular flexibility index (Phi) is 4.54. The molecule has 2 aromatic heterocycles. The number of halogens is 4. The summed E-state index contributed by atoms with van der Waals surface area (Å²) in [7, 11) is 0. The standard InChI is InChI=1S/C13H14F4N4/c1-2-3-4-12-20-10(13(15,16)17)7-21(12)8-11-18-5-9(14)6-19-11/h5-7H,2-4,8H2,1H3. The topological polar surface area (TPSA) is 43.6 Å². The van der Waals surface area contributed by atoms with E-state index >= 15 is 0 Å². The highest BCUT2D eigenvalue weighted by molar-refractivity contribution is 5.09. The fourth-order valence-corrected chi connectivity index (χ4v) is 1.84. The Labute approximate surface area is 118 Å². The van der Waals surface area contributed by atoms with Crippen LogP contribution < -0.4 is 0 Å². The van der Waals surface area contributed by atoms with Crippen LogP contribution in [0.4, 0.5) is 17.6 Å². The lowest BCUT2D eigenvalue weighted by Gasteiger charge is -2.06. The summed E-state index contributed by atoms with van der Waals surface area (Å²) in [6.07, 6.45) is 0.437. The minimum atomic E-state index is -4.49. The quantitative estimate of drug-likeness (QED) is 0.797. The summed E-state index contributed by atoms with van der Waals surface area (Å²) in [4.78, 5) is 11.1. The number of alkyl halides is 3. The number of hydrogen-bond donors (Lipinski definition) is 0. The number of aryl methyl sites for hydroxylation is 1. The molecule has 4 nitrogen and oxygen atoms in total. The van der Waals surface area contributed by atoms with Gasteiger partial charge in [0.05, 0.1) is 18.9 Å². The predicted octanol–water partition coefficient (Wildman–Crippen LogP) is 3.22. The van der Waals surface area contributed by atoms with Crippen molar-refractivity contribution in [2.24, 2.45) is 0 Å². The summed E-state index contributed by atoms with van der Waals surface area (Å²) in [6, 6.07) is 0. The van der Waals surface area contributed by atoms with Gasteiger partial charge in [0.25, 0.3) is 0 Å². The second-order valence-electron chi connectivity index (χ2n) is 4.59. The Bertz CT molecular complexity index is 589. The summed E-state index contributed by atoms with van der Waals surface area (Å²) in [5.74, 6) is -0.0241. The number of rotatable bonds is 5. The monoisotopic (exact) mass is 302 g/mol. The van der Waals surface area contributed by atoms with E-state index in [1.807, 2.05) is 6.92 Å². The third kappa shape index (κ3) is 3.99. The Morgan fingerprint density at radius 2 is 1.86 bits per heavy atom. The van der Waals surface area contributed by atoms with Crippen molar-refractivity contribution in [3.8, 4) is 0 Å². The van der Waals surface area contributed by atoms with E-state index in [9.17, 15) is 17.6 Å². The summed E-state index contributed by atoms with van der Waals surface area (Å²) in [6.45, 7) is 1.98. The van der Waals surface area contributed by atoms with Gasteiger partial charge in [-0.2, -0.15) is 13.2 Å². The zero-order chi connectivity index (χ0) is 15.5. The SMILES string of the molecule is CCCCc1nc(C(F)(F)F)cn1Cc1ncc(F)cn1. The van der Waals surface area contributed by atoms with Crippen molar-refractivity contribution in [1.82, 2.24) is 19.5 Å². The molecule has 0 saturated carbocycles. The molecule has 0 aliphatic rings. The van der Waals surface area contributed by atoms with E-state index in [2.05, 4.69) is 15.0 Å². The van der Waals surface area contributed by atoms with Gasteiger partial charge in [0, 0.05) is 12.6 Å². The van der Waals surface area contributed by atoms with Gasteiger partial charge in [0.1, 0.15) is 11.6 Å². The van der Waals surface area contributed by atoms with Gasteiger partial charge in [0.15, 0.2) is 11.5 Å². The van der Waals surface area contributed by atoms with Crippen LogP contribution in [0, 0.1) is 5.82 Å². The first-order valence-corrected chi connectivity index (χ1v) is 6.50. The molecule has 0 amide bonds. The molecule has 0 atom stereocenters.